The lowest BCUT2D eigenvalue weighted by Gasteiger charge is -2.28. The molecule has 2 rings (SSSR count). The first-order valence-electron chi connectivity index (χ1n) is 12.3. The molecule has 0 aromatic heterocycles. The van der Waals surface area contributed by atoms with Gasteiger partial charge >= 0.3 is 0 Å². The van der Waals surface area contributed by atoms with E-state index in [1.165, 1.54) is 0 Å². The van der Waals surface area contributed by atoms with Crippen LogP contribution in [-0.4, -0.2) is 70.3 Å². The van der Waals surface area contributed by atoms with E-state index in [0.717, 1.165) is 31.2 Å². The first-order chi connectivity index (χ1) is 16.6. The van der Waals surface area contributed by atoms with Crippen LogP contribution >= 0.6 is 0 Å². The maximum absolute atomic E-state index is 12.4. The summed E-state index contributed by atoms with van der Waals surface area (Å²) < 4.78 is 10.9. The Morgan fingerprint density at radius 1 is 0.824 bits per heavy atom. The van der Waals surface area contributed by atoms with Gasteiger partial charge in [-0.05, 0) is 38.3 Å². The first kappa shape index (κ1) is 27.8. The number of ether oxygens (including phenoxy) is 2. The minimum absolute atomic E-state index is 0.0000219. The number of carbonyl (C=O) groups excluding carboxylic acids is 3. The minimum Gasteiger partial charge on any atom is -0.379 e. The highest BCUT2D eigenvalue weighted by molar-refractivity contribution is 5.79. The molecule has 1 aliphatic rings. The molecule has 0 aliphatic heterocycles. The SMILES string of the molecule is CNCCC(=O)NCCOCCOCCC(=O)NC1CCC(C(=O)NCc2ccccc2)CC1. The Morgan fingerprint density at radius 3 is 2.24 bits per heavy atom. The molecule has 1 aromatic carbocycles. The van der Waals surface area contributed by atoms with Crippen molar-refractivity contribution in [3.8, 4) is 0 Å². The largest absolute Gasteiger partial charge is 0.379 e. The van der Waals surface area contributed by atoms with Gasteiger partial charge < -0.3 is 30.7 Å². The summed E-state index contributed by atoms with van der Waals surface area (Å²) in [5, 5.41) is 11.8. The zero-order valence-corrected chi connectivity index (χ0v) is 20.3. The summed E-state index contributed by atoms with van der Waals surface area (Å²) in [7, 11) is 1.81. The summed E-state index contributed by atoms with van der Waals surface area (Å²) in [5.74, 6) is 0.0875. The van der Waals surface area contributed by atoms with Gasteiger partial charge in [-0.2, -0.15) is 0 Å². The van der Waals surface area contributed by atoms with Crippen LogP contribution in [-0.2, 0) is 30.4 Å². The van der Waals surface area contributed by atoms with Crippen LogP contribution in [0, 0.1) is 5.92 Å². The maximum Gasteiger partial charge on any atom is 0.223 e. The van der Waals surface area contributed by atoms with E-state index in [9.17, 15) is 14.4 Å². The second-order valence-corrected chi connectivity index (χ2v) is 8.50. The van der Waals surface area contributed by atoms with E-state index >= 15 is 0 Å². The number of nitrogens with one attached hydrogen (secondary N) is 4. The van der Waals surface area contributed by atoms with Crippen molar-refractivity contribution in [3.05, 3.63) is 35.9 Å². The highest BCUT2D eigenvalue weighted by Gasteiger charge is 2.26. The van der Waals surface area contributed by atoms with Crippen LogP contribution in [0.4, 0.5) is 0 Å². The van der Waals surface area contributed by atoms with Crippen molar-refractivity contribution in [1.29, 1.82) is 0 Å². The van der Waals surface area contributed by atoms with E-state index < -0.39 is 0 Å². The second-order valence-electron chi connectivity index (χ2n) is 8.50. The Bertz CT molecular complexity index is 723. The monoisotopic (exact) mass is 476 g/mol. The molecule has 1 aromatic rings. The molecule has 1 fully saturated rings. The molecule has 1 aliphatic carbocycles. The molecule has 0 saturated heterocycles. The van der Waals surface area contributed by atoms with Crippen molar-refractivity contribution in [1.82, 2.24) is 21.3 Å². The van der Waals surface area contributed by atoms with Gasteiger partial charge in [-0.3, -0.25) is 14.4 Å². The van der Waals surface area contributed by atoms with Gasteiger partial charge in [-0.1, -0.05) is 30.3 Å². The summed E-state index contributed by atoms with van der Waals surface area (Å²) in [6.07, 6.45) is 3.96. The van der Waals surface area contributed by atoms with Crippen molar-refractivity contribution in [2.45, 2.75) is 51.1 Å². The van der Waals surface area contributed by atoms with Crippen molar-refractivity contribution < 1.29 is 23.9 Å². The maximum atomic E-state index is 12.4. The lowest BCUT2D eigenvalue weighted by Crippen LogP contribution is -2.41. The molecule has 9 heteroatoms. The molecular formula is C25H40N4O5. The average molecular weight is 477 g/mol. The van der Waals surface area contributed by atoms with Gasteiger partial charge in [0.25, 0.3) is 0 Å². The fourth-order valence-corrected chi connectivity index (χ4v) is 3.81. The standard InChI is InChI=1S/C25H40N4O5/c1-26-13-11-23(30)27-14-16-34-18-17-33-15-12-24(31)29-22-9-7-21(8-10-22)25(32)28-19-20-5-3-2-4-6-20/h2-6,21-22,26H,7-19H2,1H3,(H,27,30)(H,28,32)(H,29,31). The average Bonchev–Trinajstić information content (AvgIpc) is 2.86. The van der Waals surface area contributed by atoms with Crippen LogP contribution < -0.4 is 21.3 Å². The topological polar surface area (TPSA) is 118 Å². The zero-order valence-electron chi connectivity index (χ0n) is 20.3. The molecule has 34 heavy (non-hydrogen) atoms. The van der Waals surface area contributed by atoms with Crippen LogP contribution in [0.3, 0.4) is 0 Å². The number of hydrogen-bond acceptors (Lipinski definition) is 6. The smallest absolute Gasteiger partial charge is 0.223 e. The number of amides is 3. The van der Waals surface area contributed by atoms with Gasteiger partial charge in [0.1, 0.15) is 0 Å². The lowest BCUT2D eigenvalue weighted by atomic mass is 9.85. The molecule has 9 nitrogen and oxygen atoms in total. The summed E-state index contributed by atoms with van der Waals surface area (Å²) in [6, 6.07) is 10.0. The fourth-order valence-electron chi connectivity index (χ4n) is 3.81. The molecule has 190 valence electrons. The molecule has 0 unspecified atom stereocenters. The Hall–Kier alpha value is -2.49. The van der Waals surface area contributed by atoms with Crippen molar-refractivity contribution in [2.75, 3.05) is 46.6 Å². The van der Waals surface area contributed by atoms with Gasteiger partial charge in [0.15, 0.2) is 0 Å². The first-order valence-corrected chi connectivity index (χ1v) is 12.3. The third-order valence-corrected chi connectivity index (χ3v) is 5.79. The number of rotatable bonds is 16. The Balaban J connectivity index is 1.43. The van der Waals surface area contributed by atoms with Gasteiger partial charge in [-0.25, -0.2) is 0 Å². The van der Waals surface area contributed by atoms with E-state index in [4.69, 9.17) is 9.47 Å². The molecule has 1 saturated carbocycles. The molecule has 0 atom stereocenters. The van der Waals surface area contributed by atoms with Crippen LogP contribution in [0.15, 0.2) is 30.3 Å². The Labute approximate surface area is 202 Å². The summed E-state index contributed by atoms with van der Waals surface area (Å²) in [4.78, 5) is 36.0. The highest BCUT2D eigenvalue weighted by atomic mass is 16.5. The van der Waals surface area contributed by atoms with Crippen molar-refractivity contribution in [3.63, 3.8) is 0 Å². The molecular weight excluding hydrogens is 436 g/mol. The molecule has 0 spiro atoms. The van der Waals surface area contributed by atoms with Gasteiger partial charge in [0.2, 0.25) is 17.7 Å². The van der Waals surface area contributed by atoms with Crippen LogP contribution in [0.5, 0.6) is 0 Å². The van der Waals surface area contributed by atoms with Crippen molar-refractivity contribution in [2.24, 2.45) is 5.92 Å². The predicted octanol–water partition coefficient (Wildman–Crippen LogP) is 1.13. The normalized spacial score (nSPS) is 17.7. The molecule has 0 radical (unpaired) electrons. The summed E-state index contributed by atoms with van der Waals surface area (Å²) in [5.41, 5.74) is 1.09. The van der Waals surface area contributed by atoms with E-state index in [0.29, 0.717) is 58.9 Å². The Morgan fingerprint density at radius 2 is 1.53 bits per heavy atom. The second kappa shape index (κ2) is 17.0. The van der Waals surface area contributed by atoms with E-state index in [2.05, 4.69) is 21.3 Å². The molecule has 3 amide bonds. The minimum atomic E-state index is -0.0258. The zero-order chi connectivity index (χ0) is 24.4. The number of benzene rings is 1. The van der Waals surface area contributed by atoms with Crippen LogP contribution in [0.2, 0.25) is 0 Å². The van der Waals surface area contributed by atoms with Gasteiger partial charge in [0.05, 0.1) is 26.4 Å². The predicted molar refractivity (Wildman–Crippen MR) is 130 cm³/mol. The number of carbonyl (C=O) groups is 3. The Kier molecular flexibility index (Phi) is 13.9. The number of hydrogen-bond donors (Lipinski definition) is 4. The molecule has 0 bridgehead atoms. The highest BCUT2D eigenvalue weighted by Crippen LogP contribution is 2.24. The van der Waals surface area contributed by atoms with Gasteiger partial charge in [0, 0.05) is 44.4 Å². The lowest BCUT2D eigenvalue weighted by molar-refractivity contribution is -0.126. The van der Waals surface area contributed by atoms with Gasteiger partial charge in [-0.15, -0.1) is 0 Å². The summed E-state index contributed by atoms with van der Waals surface area (Å²) >= 11 is 0. The van der Waals surface area contributed by atoms with E-state index in [-0.39, 0.29) is 29.7 Å². The van der Waals surface area contributed by atoms with E-state index in [1.54, 1.807) is 7.05 Å². The third-order valence-electron chi connectivity index (χ3n) is 5.79. The van der Waals surface area contributed by atoms with Crippen LogP contribution in [0.25, 0.3) is 0 Å². The third kappa shape index (κ3) is 12.1. The molecule has 4 N–H and O–H groups in total. The van der Waals surface area contributed by atoms with E-state index in [1.807, 2.05) is 30.3 Å². The fraction of sp³-hybridized carbons (Fsp3) is 0.640. The quantitative estimate of drug-likeness (QED) is 0.266. The van der Waals surface area contributed by atoms with Crippen LogP contribution in [0.1, 0.15) is 44.1 Å². The summed E-state index contributed by atoms with van der Waals surface area (Å²) in [6.45, 7) is 3.28. The molecule has 0 heterocycles. The van der Waals surface area contributed by atoms with Crippen molar-refractivity contribution >= 4 is 17.7 Å².